The van der Waals surface area contributed by atoms with Gasteiger partial charge in [-0.15, -0.1) is 10.2 Å². The van der Waals surface area contributed by atoms with Crippen molar-refractivity contribution in [3.8, 4) is 22.5 Å². The number of nitrogens with one attached hydrogen (secondary N) is 2. The van der Waals surface area contributed by atoms with E-state index < -0.39 is 12.1 Å². The Labute approximate surface area is 228 Å². The van der Waals surface area contributed by atoms with Gasteiger partial charge in [0.15, 0.2) is 11.9 Å². The molecule has 1 aliphatic heterocycles. The molecule has 39 heavy (non-hydrogen) atoms. The molecule has 2 aromatic carbocycles. The van der Waals surface area contributed by atoms with Gasteiger partial charge in [-0.25, -0.2) is 4.79 Å². The number of carbonyl (C=O) groups is 2. The molecule has 1 atom stereocenters. The number of aromatic nitrogens is 4. The lowest BCUT2D eigenvalue weighted by Crippen LogP contribution is -2.47. The zero-order valence-corrected chi connectivity index (χ0v) is 22.6. The van der Waals surface area contributed by atoms with Crippen LogP contribution < -0.4 is 5.32 Å². The number of aliphatic carboxylic acids is 1. The summed E-state index contributed by atoms with van der Waals surface area (Å²) in [7, 11) is 0. The van der Waals surface area contributed by atoms with Crippen LogP contribution in [-0.4, -0.2) is 48.5 Å². The minimum absolute atomic E-state index is 0.0257. The van der Waals surface area contributed by atoms with E-state index in [1.165, 1.54) is 0 Å². The smallest absolute Gasteiger partial charge is 0.353 e. The number of benzene rings is 2. The molecule has 204 valence electrons. The van der Waals surface area contributed by atoms with Crippen molar-refractivity contribution in [1.82, 2.24) is 30.8 Å². The molecule has 2 aliphatic rings. The lowest BCUT2D eigenvalue weighted by molar-refractivity contribution is -0.133. The van der Waals surface area contributed by atoms with Gasteiger partial charge in [0.25, 0.3) is 0 Å². The lowest BCUT2D eigenvalue weighted by Gasteiger charge is -2.32. The molecule has 3 N–H and O–H groups in total. The van der Waals surface area contributed by atoms with Crippen LogP contribution in [0.3, 0.4) is 0 Å². The Morgan fingerprint density at radius 3 is 2.38 bits per heavy atom. The normalized spacial score (nSPS) is 18.0. The van der Waals surface area contributed by atoms with E-state index in [0.29, 0.717) is 24.7 Å². The first-order valence-corrected chi connectivity index (χ1v) is 13.9. The third-order valence-electron chi connectivity index (χ3n) is 7.81. The number of hydrogen-bond donors (Lipinski definition) is 3. The van der Waals surface area contributed by atoms with Crippen LogP contribution in [0.5, 0.6) is 0 Å². The van der Waals surface area contributed by atoms with Gasteiger partial charge in [0, 0.05) is 23.7 Å². The zero-order valence-electron chi connectivity index (χ0n) is 22.6. The second kappa shape index (κ2) is 11.8. The highest BCUT2D eigenvalue weighted by Gasteiger charge is 2.40. The summed E-state index contributed by atoms with van der Waals surface area (Å²) in [5.74, 6) is 0.0242. The van der Waals surface area contributed by atoms with Gasteiger partial charge in [-0.2, -0.15) is 5.21 Å². The van der Waals surface area contributed by atoms with Crippen molar-refractivity contribution >= 4 is 11.8 Å². The number of tetrazole rings is 1. The minimum atomic E-state index is -1.01. The number of allylic oxidation sites excluding steroid dienone is 1. The summed E-state index contributed by atoms with van der Waals surface area (Å²) in [4.78, 5) is 28.0. The minimum Gasteiger partial charge on any atom is -0.477 e. The van der Waals surface area contributed by atoms with Crippen LogP contribution in [0.4, 0.5) is 0 Å². The molecule has 9 nitrogen and oxygen atoms in total. The van der Waals surface area contributed by atoms with Gasteiger partial charge in [0.1, 0.15) is 5.70 Å². The van der Waals surface area contributed by atoms with Crippen LogP contribution in [0.25, 0.3) is 22.5 Å². The SMILES string of the molecule is CC(C)CCC1=C(C(=O)O)NC(C(=O)C2CCCCC2)N1Cc1ccc(-c2ccccc2-c2nn[nH]n2)cc1. The third-order valence-corrected chi connectivity index (χ3v) is 7.81. The highest BCUT2D eigenvalue weighted by molar-refractivity contribution is 5.93. The van der Waals surface area contributed by atoms with Crippen molar-refractivity contribution in [2.45, 2.75) is 71.5 Å². The van der Waals surface area contributed by atoms with E-state index in [-0.39, 0.29) is 17.4 Å². The molecule has 5 rings (SSSR count). The number of rotatable bonds is 10. The molecule has 0 amide bonds. The molecule has 1 aromatic heterocycles. The van der Waals surface area contributed by atoms with Crippen molar-refractivity contribution in [3.63, 3.8) is 0 Å². The number of Topliss-reactive ketones (excluding diaryl/α,β-unsaturated/α-hetero) is 1. The standard InChI is InChI=1S/C30H36N6O3/c1-19(2)12-17-25-26(30(38)39)31-29(27(37)22-8-4-3-5-9-22)36(25)18-20-13-15-21(16-14-20)23-10-6-7-11-24(23)28-32-34-35-33-28/h6-7,10-11,13-16,19,22,29,31H,3-5,8-9,12,17-18H2,1-2H3,(H,38,39)(H,32,33,34,35). The summed E-state index contributed by atoms with van der Waals surface area (Å²) in [5, 5.41) is 27.6. The van der Waals surface area contributed by atoms with Gasteiger partial charge < -0.3 is 15.3 Å². The van der Waals surface area contributed by atoms with E-state index in [2.05, 4.69) is 39.8 Å². The number of nitrogens with zero attached hydrogens (tertiary/aromatic N) is 4. The number of carboxylic acid groups (broad SMARTS) is 1. The second-order valence-electron chi connectivity index (χ2n) is 10.9. The van der Waals surface area contributed by atoms with E-state index >= 15 is 0 Å². The number of H-pyrrole nitrogens is 1. The number of hydrogen-bond acceptors (Lipinski definition) is 7. The Bertz CT molecular complexity index is 1330. The molecule has 0 radical (unpaired) electrons. The fraction of sp³-hybridized carbons (Fsp3) is 0.433. The van der Waals surface area contributed by atoms with E-state index in [1.807, 2.05) is 53.4 Å². The summed E-state index contributed by atoms with van der Waals surface area (Å²) < 4.78 is 0. The van der Waals surface area contributed by atoms with E-state index in [4.69, 9.17) is 0 Å². The first-order valence-electron chi connectivity index (χ1n) is 13.9. The lowest BCUT2D eigenvalue weighted by atomic mass is 9.85. The molecule has 3 aromatic rings. The largest absolute Gasteiger partial charge is 0.477 e. The fourth-order valence-corrected chi connectivity index (χ4v) is 5.69. The summed E-state index contributed by atoms with van der Waals surface area (Å²) in [6, 6.07) is 16.1. The zero-order chi connectivity index (χ0) is 27.4. The van der Waals surface area contributed by atoms with E-state index in [0.717, 1.165) is 66.5 Å². The third kappa shape index (κ3) is 5.87. The Hall–Kier alpha value is -4.01. The van der Waals surface area contributed by atoms with Crippen molar-refractivity contribution in [3.05, 3.63) is 65.5 Å². The molecular formula is C30H36N6O3. The average Bonchev–Trinajstić information content (AvgIpc) is 3.61. The van der Waals surface area contributed by atoms with Gasteiger partial charge >= 0.3 is 5.97 Å². The summed E-state index contributed by atoms with van der Waals surface area (Å²) in [6.45, 7) is 4.71. The quantitative estimate of drug-likeness (QED) is 0.330. The maximum atomic E-state index is 13.7. The Morgan fingerprint density at radius 1 is 1.03 bits per heavy atom. The van der Waals surface area contributed by atoms with Crippen LogP contribution in [0, 0.1) is 11.8 Å². The van der Waals surface area contributed by atoms with E-state index in [1.54, 1.807) is 0 Å². The molecule has 1 saturated carbocycles. The fourth-order valence-electron chi connectivity index (χ4n) is 5.69. The van der Waals surface area contributed by atoms with Gasteiger partial charge in [0.2, 0.25) is 5.82 Å². The molecule has 2 heterocycles. The van der Waals surface area contributed by atoms with Crippen LogP contribution >= 0.6 is 0 Å². The first kappa shape index (κ1) is 26.6. The first-order chi connectivity index (χ1) is 18.9. The van der Waals surface area contributed by atoms with Crippen LogP contribution in [0.1, 0.15) is 64.4 Å². The second-order valence-corrected chi connectivity index (χ2v) is 10.9. The Morgan fingerprint density at radius 2 is 1.74 bits per heavy atom. The van der Waals surface area contributed by atoms with Gasteiger partial charge in [0.05, 0.1) is 0 Å². The Kier molecular flexibility index (Phi) is 8.05. The number of carboxylic acids is 1. The average molecular weight is 529 g/mol. The van der Waals surface area contributed by atoms with Crippen LogP contribution in [-0.2, 0) is 16.1 Å². The maximum absolute atomic E-state index is 13.7. The van der Waals surface area contributed by atoms with Crippen molar-refractivity contribution < 1.29 is 14.7 Å². The number of ketones is 1. The van der Waals surface area contributed by atoms with Crippen molar-refractivity contribution in [2.24, 2.45) is 11.8 Å². The van der Waals surface area contributed by atoms with Crippen LogP contribution in [0.15, 0.2) is 59.9 Å². The van der Waals surface area contributed by atoms with Gasteiger partial charge in [-0.05, 0) is 53.5 Å². The maximum Gasteiger partial charge on any atom is 0.353 e. The summed E-state index contributed by atoms with van der Waals surface area (Å²) >= 11 is 0. The molecule has 1 unspecified atom stereocenters. The molecule has 1 fully saturated rings. The van der Waals surface area contributed by atoms with Gasteiger partial charge in [-0.3, -0.25) is 4.79 Å². The molecule has 0 spiro atoms. The molecule has 0 bridgehead atoms. The predicted octanol–water partition coefficient (Wildman–Crippen LogP) is 5.15. The molecular weight excluding hydrogens is 492 g/mol. The van der Waals surface area contributed by atoms with Crippen molar-refractivity contribution in [2.75, 3.05) is 0 Å². The van der Waals surface area contributed by atoms with Crippen LogP contribution in [0.2, 0.25) is 0 Å². The topological polar surface area (TPSA) is 124 Å². The summed E-state index contributed by atoms with van der Waals surface area (Å²) in [5.41, 5.74) is 4.77. The number of carbonyl (C=O) groups excluding carboxylic acids is 1. The summed E-state index contributed by atoms with van der Waals surface area (Å²) in [6.07, 6.45) is 5.82. The van der Waals surface area contributed by atoms with Gasteiger partial charge in [-0.1, -0.05) is 81.6 Å². The number of aromatic amines is 1. The monoisotopic (exact) mass is 528 g/mol. The molecule has 1 aliphatic carbocycles. The highest BCUT2D eigenvalue weighted by Crippen LogP contribution is 2.34. The van der Waals surface area contributed by atoms with Crippen molar-refractivity contribution in [1.29, 1.82) is 0 Å². The highest BCUT2D eigenvalue weighted by atomic mass is 16.4. The molecule has 0 saturated heterocycles. The molecule has 9 heteroatoms. The Balaban J connectivity index is 1.43. The van der Waals surface area contributed by atoms with E-state index in [9.17, 15) is 14.7 Å². The predicted molar refractivity (Wildman–Crippen MR) is 148 cm³/mol.